The molecule has 11 N–H and O–H groups in total. The van der Waals surface area contributed by atoms with Crippen molar-refractivity contribution in [2.75, 3.05) is 13.2 Å². The van der Waals surface area contributed by atoms with E-state index in [-0.39, 0.29) is 67.7 Å². The second kappa shape index (κ2) is 19.0. The van der Waals surface area contributed by atoms with E-state index >= 15 is 0 Å². The Hall–Kier alpha value is -2.53. The summed E-state index contributed by atoms with van der Waals surface area (Å²) >= 11 is 0. The molecule has 0 bridgehead atoms. The topological polar surface area (TPSA) is 305 Å². The summed E-state index contributed by atoms with van der Waals surface area (Å²) in [6.07, 6.45) is -1.26. The highest BCUT2D eigenvalue weighted by atomic mass is 16.7. The Balaban J connectivity index is 0.000000679. The Morgan fingerprint density at radius 1 is 0.778 bits per heavy atom. The zero-order chi connectivity index (χ0) is 45.8. The largest absolute Gasteiger partial charge is 0.480 e. The van der Waals surface area contributed by atoms with Crippen LogP contribution in [0.3, 0.4) is 0 Å². The average molecular weight is 898 g/mol. The zero-order valence-electron chi connectivity index (χ0n) is 37.1. The predicted molar refractivity (Wildman–Crippen MR) is 221 cm³/mol. The van der Waals surface area contributed by atoms with E-state index in [0.717, 1.165) is 50.5 Å². The van der Waals surface area contributed by atoms with Gasteiger partial charge >= 0.3 is 11.9 Å². The van der Waals surface area contributed by atoms with E-state index in [2.05, 4.69) is 18.8 Å². The van der Waals surface area contributed by atoms with Crippen LogP contribution in [0.5, 0.6) is 0 Å². The van der Waals surface area contributed by atoms with Gasteiger partial charge in [-0.1, -0.05) is 13.8 Å². The van der Waals surface area contributed by atoms with Gasteiger partial charge in [0.15, 0.2) is 24.8 Å². The number of aliphatic imine (C=N–C) groups is 1. The number of fused-ring (bicyclic) bond motifs is 5. The highest BCUT2D eigenvalue weighted by Crippen LogP contribution is 2.70. The van der Waals surface area contributed by atoms with Crippen LogP contribution in [0.15, 0.2) is 16.6 Å². The van der Waals surface area contributed by atoms with Crippen molar-refractivity contribution in [2.24, 2.45) is 51.0 Å². The molecule has 4 heterocycles. The lowest BCUT2D eigenvalue weighted by Crippen LogP contribution is -2.62. The molecule has 63 heavy (non-hydrogen) atoms. The summed E-state index contributed by atoms with van der Waals surface area (Å²) in [4.78, 5) is 24.8. The van der Waals surface area contributed by atoms with Crippen LogP contribution in [-0.2, 0) is 42.7 Å². The van der Waals surface area contributed by atoms with Crippen molar-refractivity contribution in [3.05, 3.63) is 11.6 Å². The molecule has 0 radical (unpaired) electrons. The molecule has 4 aliphatic carbocycles. The quantitative estimate of drug-likeness (QED) is 0.0661. The molecule has 358 valence electrons. The van der Waals surface area contributed by atoms with Gasteiger partial charge in [-0.15, -0.1) is 0 Å². The number of ether oxygens (including phenoxy) is 7. The van der Waals surface area contributed by atoms with Crippen LogP contribution in [0.2, 0.25) is 0 Å². The molecule has 0 aromatic rings. The molecule has 4 saturated carbocycles. The summed E-state index contributed by atoms with van der Waals surface area (Å²) in [5.74, 6) is -1.07. The molecule has 19 nitrogen and oxygen atoms in total. The number of cyclic esters (lactones) is 1. The number of carboxylic acid groups (broad SMARTS) is 1. The zero-order valence-corrected chi connectivity index (χ0v) is 37.1. The first-order valence-corrected chi connectivity index (χ1v) is 22.8. The molecule has 0 amide bonds. The minimum atomic E-state index is -1.04. The SMILES string of the molecule is C[C@H]1O[C@@H](O[C@H]2[C@@H](O)C[C@H](O[C@H]3[C@@H](O)C[C@H](O[C@H]4CC[C@@]5(C)[C@H](CC[C@@H]6[C@@H]5CC[C@]5(C)[C@@H](C7=CC(=O)OC7)[C@@H](O)C[C@]65O)C4)O[C@@H]3C)O[C@@H]2C)C[C@H](O)[C@@H]1O.NC(N)=NCC(=O)O. The number of aliphatic carboxylic acids is 1. The van der Waals surface area contributed by atoms with Gasteiger partial charge in [0.25, 0.3) is 0 Å². The fourth-order valence-electron chi connectivity index (χ4n) is 13.0. The van der Waals surface area contributed by atoms with Crippen LogP contribution in [0.4, 0.5) is 0 Å². The Labute approximate surface area is 368 Å². The lowest BCUT2D eigenvalue weighted by Gasteiger charge is -2.63. The van der Waals surface area contributed by atoms with Crippen molar-refractivity contribution in [3.8, 4) is 0 Å². The maximum Gasteiger partial charge on any atom is 0.331 e. The lowest BCUT2D eigenvalue weighted by molar-refractivity contribution is -0.336. The number of rotatable bonds is 9. The van der Waals surface area contributed by atoms with Gasteiger partial charge in [-0.2, -0.15) is 0 Å². The van der Waals surface area contributed by atoms with E-state index < -0.39 is 96.9 Å². The van der Waals surface area contributed by atoms with Crippen molar-refractivity contribution in [3.63, 3.8) is 0 Å². The summed E-state index contributed by atoms with van der Waals surface area (Å²) in [6, 6.07) is 0. The number of carbonyl (C=O) groups is 2. The minimum Gasteiger partial charge on any atom is -0.480 e. The maximum absolute atomic E-state index is 12.6. The van der Waals surface area contributed by atoms with Crippen molar-refractivity contribution in [2.45, 2.75) is 197 Å². The number of hydrogen-bond donors (Lipinski definition) is 9. The number of carboxylic acids is 1. The Kier molecular flexibility index (Phi) is 14.6. The Morgan fingerprint density at radius 2 is 1.37 bits per heavy atom. The monoisotopic (exact) mass is 897 g/mol. The fraction of sp³-hybridized carbons (Fsp3) is 0.886. The third-order valence-electron chi connectivity index (χ3n) is 16.2. The summed E-state index contributed by atoms with van der Waals surface area (Å²) in [5.41, 5.74) is 8.92. The molecule has 21 atom stereocenters. The van der Waals surface area contributed by atoms with Crippen LogP contribution in [0, 0.1) is 34.5 Å². The number of nitrogens with two attached hydrogens (primary N) is 2. The molecular weight excluding hydrogens is 826 g/mol. The third kappa shape index (κ3) is 9.68. The molecule has 8 rings (SSSR count). The molecule has 8 aliphatic rings. The number of hydrogen-bond acceptors (Lipinski definition) is 16. The predicted octanol–water partition coefficient (Wildman–Crippen LogP) is 0.563. The minimum absolute atomic E-state index is 0.0203. The molecular formula is C44H71N3O16. The fourth-order valence-corrected chi connectivity index (χ4v) is 13.0. The van der Waals surface area contributed by atoms with Gasteiger partial charge in [0, 0.05) is 43.1 Å². The Morgan fingerprint density at radius 3 is 1.89 bits per heavy atom. The van der Waals surface area contributed by atoms with Crippen molar-refractivity contribution in [1.82, 2.24) is 0 Å². The first-order chi connectivity index (χ1) is 29.6. The van der Waals surface area contributed by atoms with E-state index in [9.17, 15) is 40.2 Å². The van der Waals surface area contributed by atoms with Crippen LogP contribution in [0.25, 0.3) is 0 Å². The maximum atomic E-state index is 12.6. The van der Waals surface area contributed by atoms with Gasteiger partial charge in [-0.25, -0.2) is 9.79 Å². The number of esters is 1. The van der Waals surface area contributed by atoms with Crippen LogP contribution in [-0.4, -0.2) is 158 Å². The molecule has 0 aromatic heterocycles. The molecule has 4 aliphatic heterocycles. The molecule has 0 unspecified atom stereocenters. The normalized spacial score (nSPS) is 49.5. The lowest BCUT2D eigenvalue weighted by atomic mass is 9.43. The number of guanidine groups is 1. The number of aliphatic hydroxyl groups is 6. The van der Waals surface area contributed by atoms with Crippen molar-refractivity contribution in [1.29, 1.82) is 0 Å². The van der Waals surface area contributed by atoms with Crippen LogP contribution >= 0.6 is 0 Å². The summed E-state index contributed by atoms with van der Waals surface area (Å²) < 4.78 is 42.1. The average Bonchev–Trinajstić information content (AvgIpc) is 3.71. The van der Waals surface area contributed by atoms with Gasteiger partial charge < -0.3 is 80.4 Å². The van der Waals surface area contributed by atoms with Crippen LogP contribution < -0.4 is 11.5 Å². The second-order valence-corrected chi connectivity index (χ2v) is 20.0. The van der Waals surface area contributed by atoms with Crippen molar-refractivity contribution < 1.29 is 78.5 Å². The van der Waals surface area contributed by atoms with Crippen molar-refractivity contribution >= 4 is 17.9 Å². The van der Waals surface area contributed by atoms with Gasteiger partial charge in [0.05, 0.1) is 54.4 Å². The summed E-state index contributed by atoms with van der Waals surface area (Å²) in [6.45, 7) is 9.62. The van der Waals surface area contributed by atoms with E-state index in [1.807, 2.05) is 6.92 Å². The number of nitrogens with zero attached hydrogens (tertiary/aromatic N) is 1. The second-order valence-electron chi connectivity index (χ2n) is 20.0. The molecule has 0 spiro atoms. The summed E-state index contributed by atoms with van der Waals surface area (Å²) in [7, 11) is 0. The third-order valence-corrected chi connectivity index (χ3v) is 16.2. The smallest absolute Gasteiger partial charge is 0.331 e. The van der Waals surface area contributed by atoms with Crippen LogP contribution in [0.1, 0.15) is 105 Å². The van der Waals surface area contributed by atoms with Gasteiger partial charge in [0.2, 0.25) is 0 Å². The van der Waals surface area contributed by atoms with Gasteiger partial charge in [-0.3, -0.25) is 4.79 Å². The highest BCUT2D eigenvalue weighted by Gasteiger charge is 2.70. The first kappa shape index (κ1) is 48.4. The van der Waals surface area contributed by atoms with E-state index in [1.165, 1.54) is 6.08 Å². The molecule has 3 saturated heterocycles. The highest BCUT2D eigenvalue weighted by molar-refractivity contribution is 5.85. The first-order valence-electron chi connectivity index (χ1n) is 22.8. The Bertz CT molecular complexity index is 1670. The molecule has 19 heteroatoms. The van der Waals surface area contributed by atoms with Gasteiger partial charge in [-0.05, 0) is 94.5 Å². The van der Waals surface area contributed by atoms with E-state index in [0.29, 0.717) is 18.3 Å². The standard InChI is InChI=1S/C41H64O14.C3H7N3O2/c1-19-36(47)27(42)14-33(50-19)54-38-21(3)52-34(16-29(38)44)55-37-20(2)51-32(15-28(37)43)53-24-8-10-39(4)23(13-24)6-7-26-25(39)9-11-40(5)35(22-12-31(46)49-18-22)30(45)17-41(26,40)48;4-3(5)6-1-2(7)8/h12,19-21,23-30,32-38,42-45,47-48H,6-11,13-18H2,1-5H3;1H2,(H,7,8)(H4,4,5,6)/t19-,20-,21-,23-,24+,25+,26-,27+,28+,29+,30+,32+,33+,34+,35+,36-,37-,38-,39+,40-,41+;/m1./s1. The number of aliphatic hydroxyl groups excluding tert-OH is 5. The summed E-state index contributed by atoms with van der Waals surface area (Å²) in [5, 5.41) is 74.3. The van der Waals surface area contributed by atoms with E-state index in [4.69, 9.17) is 49.7 Å². The molecule has 0 aromatic carbocycles. The number of carbonyl (C=O) groups excluding carboxylic acids is 1. The van der Waals surface area contributed by atoms with Gasteiger partial charge in [0.1, 0.15) is 31.5 Å². The molecule has 7 fully saturated rings. The van der Waals surface area contributed by atoms with E-state index in [1.54, 1.807) is 13.8 Å².